The van der Waals surface area contributed by atoms with Crippen molar-refractivity contribution in [3.63, 3.8) is 0 Å². The van der Waals surface area contributed by atoms with Crippen molar-refractivity contribution in [2.45, 2.75) is 26.4 Å². The summed E-state index contributed by atoms with van der Waals surface area (Å²) in [5.74, 6) is 0. The molecule has 3 nitrogen and oxygen atoms in total. The Morgan fingerprint density at radius 2 is 1.80 bits per heavy atom. The predicted molar refractivity (Wildman–Crippen MR) is 56.0 cm³/mol. The van der Waals surface area contributed by atoms with Crippen molar-refractivity contribution < 1.29 is 26.5 Å². The minimum absolute atomic E-state index is 0. The second kappa shape index (κ2) is 5.47. The third-order valence-electron chi connectivity index (χ3n) is 1.39. The van der Waals surface area contributed by atoms with E-state index in [0.29, 0.717) is 0 Å². The van der Waals surface area contributed by atoms with Crippen molar-refractivity contribution in [1.82, 2.24) is 0 Å². The van der Waals surface area contributed by atoms with Gasteiger partial charge in [0, 0.05) is 16.6 Å². The normalized spacial score (nSPS) is 10.4. The number of aromatic nitrogens is 1. The van der Waals surface area contributed by atoms with E-state index in [4.69, 9.17) is 4.74 Å². The van der Waals surface area contributed by atoms with Gasteiger partial charge in [-0.05, 0) is 20.8 Å². The maximum absolute atomic E-state index is 11.5. The van der Waals surface area contributed by atoms with E-state index in [1.165, 1.54) is 4.57 Å². The van der Waals surface area contributed by atoms with E-state index in [0.717, 1.165) is 4.47 Å². The van der Waals surface area contributed by atoms with Crippen LogP contribution in [0.15, 0.2) is 29.0 Å². The summed E-state index contributed by atoms with van der Waals surface area (Å²) in [4.78, 5) is 11.5. The number of ether oxygens (including phenoxy) is 1. The van der Waals surface area contributed by atoms with E-state index in [1.54, 1.807) is 24.5 Å². The highest BCUT2D eigenvalue weighted by Gasteiger charge is 2.23. The summed E-state index contributed by atoms with van der Waals surface area (Å²) in [6, 6.07) is 3.56. The van der Waals surface area contributed by atoms with Crippen LogP contribution in [0.4, 0.5) is 4.79 Å². The second-order valence-corrected chi connectivity index (χ2v) is 4.82. The molecule has 1 heterocycles. The van der Waals surface area contributed by atoms with Crippen LogP contribution in [0.1, 0.15) is 20.8 Å². The Kier molecular flexibility index (Phi) is 5.24. The Labute approximate surface area is 104 Å². The van der Waals surface area contributed by atoms with Gasteiger partial charge in [-0.25, -0.2) is 0 Å². The molecule has 1 aromatic heterocycles. The number of pyridine rings is 1. The smallest absolute Gasteiger partial charge is 0.602 e. The summed E-state index contributed by atoms with van der Waals surface area (Å²) in [5, 5.41) is 0. The molecule has 0 bridgehead atoms. The first-order chi connectivity index (χ1) is 6.38. The molecule has 0 radical (unpaired) electrons. The van der Waals surface area contributed by atoms with Crippen molar-refractivity contribution in [2.24, 2.45) is 0 Å². The van der Waals surface area contributed by atoms with Gasteiger partial charge < -0.3 is 17.1 Å². The first-order valence-corrected chi connectivity index (χ1v) is 5.08. The Balaban J connectivity index is 0.00000196. The molecule has 0 amide bonds. The lowest BCUT2D eigenvalue weighted by Gasteiger charge is -2.15. The number of carbonyl (C=O) groups excluding carboxylic acids is 1. The van der Waals surface area contributed by atoms with Crippen LogP contribution in [0.3, 0.4) is 0 Å². The van der Waals surface area contributed by atoms with Gasteiger partial charge in [0.2, 0.25) is 0 Å². The fourth-order valence-electron chi connectivity index (χ4n) is 0.845. The lowest BCUT2D eigenvalue weighted by atomic mass is 10.2. The maximum atomic E-state index is 11.5. The fourth-order valence-corrected chi connectivity index (χ4v) is 1.08. The molecule has 0 N–H and O–H groups in total. The van der Waals surface area contributed by atoms with E-state index in [1.807, 2.05) is 20.8 Å². The summed E-state index contributed by atoms with van der Waals surface area (Å²) in [5.41, 5.74) is -0.461. The van der Waals surface area contributed by atoms with Gasteiger partial charge in [-0.3, -0.25) is 0 Å². The van der Waals surface area contributed by atoms with Crippen molar-refractivity contribution in [2.75, 3.05) is 0 Å². The SMILES string of the molecule is CC(C)(C)OC(=O)[n+]1ccc(Br)cc1.[Cl-]. The average Bonchev–Trinajstić information content (AvgIpc) is 2.02. The van der Waals surface area contributed by atoms with Crippen LogP contribution in [0.2, 0.25) is 0 Å². The van der Waals surface area contributed by atoms with Gasteiger partial charge in [-0.15, -0.1) is 0 Å². The minimum Gasteiger partial charge on any atom is -1.00 e. The van der Waals surface area contributed by atoms with Crippen LogP contribution in [-0.4, -0.2) is 11.7 Å². The lowest BCUT2D eigenvalue weighted by molar-refractivity contribution is -0.588. The molecular formula is C10H13BrClNO2. The van der Waals surface area contributed by atoms with Crippen LogP contribution >= 0.6 is 15.9 Å². The largest absolute Gasteiger partial charge is 1.00 e. The first-order valence-electron chi connectivity index (χ1n) is 4.29. The molecule has 0 aliphatic carbocycles. The number of halogens is 2. The van der Waals surface area contributed by atoms with Crippen molar-refractivity contribution in [3.05, 3.63) is 29.0 Å². The molecule has 0 unspecified atom stereocenters. The Hall–Kier alpha value is -0.610. The third-order valence-corrected chi connectivity index (χ3v) is 1.92. The highest BCUT2D eigenvalue weighted by molar-refractivity contribution is 9.10. The zero-order valence-corrected chi connectivity index (χ0v) is 11.2. The van der Waals surface area contributed by atoms with Gasteiger partial charge >= 0.3 is 6.09 Å². The zero-order valence-electron chi connectivity index (χ0n) is 8.83. The van der Waals surface area contributed by atoms with E-state index >= 15 is 0 Å². The Morgan fingerprint density at radius 3 is 2.20 bits per heavy atom. The monoisotopic (exact) mass is 293 g/mol. The van der Waals surface area contributed by atoms with Crippen molar-refractivity contribution in [3.8, 4) is 0 Å². The van der Waals surface area contributed by atoms with Gasteiger partial charge in [0.25, 0.3) is 0 Å². The van der Waals surface area contributed by atoms with E-state index in [-0.39, 0.29) is 18.5 Å². The minimum atomic E-state index is -0.461. The molecule has 15 heavy (non-hydrogen) atoms. The number of carbonyl (C=O) groups is 1. The van der Waals surface area contributed by atoms with Crippen LogP contribution < -0.4 is 17.0 Å². The van der Waals surface area contributed by atoms with Crippen LogP contribution in [0, 0.1) is 0 Å². The molecule has 0 aromatic carbocycles. The number of rotatable bonds is 0. The summed E-state index contributed by atoms with van der Waals surface area (Å²) in [6.45, 7) is 5.51. The number of hydrogen-bond donors (Lipinski definition) is 0. The first kappa shape index (κ1) is 14.4. The highest BCUT2D eigenvalue weighted by atomic mass is 79.9. The molecule has 0 atom stereocenters. The quantitative estimate of drug-likeness (QED) is 0.605. The molecule has 84 valence electrons. The molecule has 0 fully saturated rings. The average molecular weight is 295 g/mol. The van der Waals surface area contributed by atoms with Crippen LogP contribution in [-0.2, 0) is 4.74 Å². The molecule has 1 aromatic rings. The molecule has 0 aliphatic rings. The second-order valence-electron chi connectivity index (χ2n) is 3.90. The molecule has 5 heteroatoms. The molecule has 0 saturated heterocycles. The van der Waals surface area contributed by atoms with Crippen LogP contribution in [0.5, 0.6) is 0 Å². The zero-order chi connectivity index (χ0) is 10.8. The van der Waals surface area contributed by atoms with Gasteiger partial charge in [0.05, 0.1) is 0 Å². The topological polar surface area (TPSA) is 30.2 Å². The van der Waals surface area contributed by atoms with Gasteiger partial charge in [-0.2, -0.15) is 4.79 Å². The molecule has 0 aliphatic heterocycles. The summed E-state index contributed by atoms with van der Waals surface area (Å²) in [7, 11) is 0. The summed E-state index contributed by atoms with van der Waals surface area (Å²) in [6.07, 6.45) is 2.93. The number of nitrogens with zero attached hydrogens (tertiary/aromatic N) is 1. The molecular weight excluding hydrogens is 281 g/mol. The van der Waals surface area contributed by atoms with Gasteiger partial charge in [0.1, 0.15) is 5.60 Å². The van der Waals surface area contributed by atoms with Crippen molar-refractivity contribution >= 4 is 22.0 Å². The van der Waals surface area contributed by atoms with Crippen LogP contribution in [0.25, 0.3) is 0 Å². The lowest BCUT2D eigenvalue weighted by Crippen LogP contribution is -3.00. The Bertz CT molecular complexity index is 332. The van der Waals surface area contributed by atoms with E-state index < -0.39 is 5.60 Å². The maximum Gasteiger partial charge on any atom is 0.602 e. The third kappa shape index (κ3) is 5.14. The Morgan fingerprint density at radius 1 is 1.33 bits per heavy atom. The highest BCUT2D eigenvalue weighted by Crippen LogP contribution is 2.07. The molecule has 1 rings (SSSR count). The predicted octanol–water partition coefficient (Wildman–Crippen LogP) is -0.476. The summed E-state index contributed by atoms with van der Waals surface area (Å²) < 4.78 is 7.50. The standard InChI is InChI=1S/C10H13BrNO2.ClH/c1-10(2,3)14-9(13)12-6-4-8(11)5-7-12;/h4-7H,1-3H3;1H/q+1;/p-1. The van der Waals surface area contributed by atoms with E-state index in [2.05, 4.69) is 15.9 Å². The fraction of sp³-hybridized carbons (Fsp3) is 0.400. The number of hydrogen-bond acceptors (Lipinski definition) is 2. The summed E-state index contributed by atoms with van der Waals surface area (Å²) >= 11 is 3.29. The van der Waals surface area contributed by atoms with Gasteiger partial charge in [0.15, 0.2) is 12.4 Å². The molecule has 0 saturated carbocycles. The molecule has 0 spiro atoms. The van der Waals surface area contributed by atoms with E-state index in [9.17, 15) is 4.79 Å². The van der Waals surface area contributed by atoms with Crippen molar-refractivity contribution in [1.29, 1.82) is 0 Å². The van der Waals surface area contributed by atoms with Gasteiger partial charge in [-0.1, -0.05) is 20.5 Å².